The Labute approximate surface area is 121 Å². The van der Waals surface area contributed by atoms with Gasteiger partial charge in [-0.1, -0.05) is 38.9 Å². The monoisotopic (exact) mass is 346 g/mol. The molecule has 1 aromatic carbocycles. The number of carbonyl (C=O) groups excluding carboxylic acids is 1. The summed E-state index contributed by atoms with van der Waals surface area (Å²) in [6, 6.07) is 5.21. The number of anilines is 2. The molecule has 8 heteroatoms. The highest BCUT2D eigenvalue weighted by Gasteiger charge is 2.13. The topological polar surface area (TPSA) is 66.9 Å². The van der Waals surface area contributed by atoms with Gasteiger partial charge in [-0.25, -0.2) is 0 Å². The lowest BCUT2D eigenvalue weighted by Crippen LogP contribution is -2.11. The summed E-state index contributed by atoms with van der Waals surface area (Å²) in [5, 5.41) is 14.4. The summed E-state index contributed by atoms with van der Waals surface area (Å²) in [5.74, 6) is -0.335. The zero-order valence-electron chi connectivity index (χ0n) is 9.20. The van der Waals surface area contributed by atoms with E-state index in [9.17, 15) is 4.79 Å². The van der Waals surface area contributed by atoms with Crippen LogP contribution in [0.4, 0.5) is 10.8 Å². The predicted octanol–water partition coefficient (Wildman–Crippen LogP) is 3.25. The van der Waals surface area contributed by atoms with Gasteiger partial charge < -0.3 is 10.6 Å². The van der Waals surface area contributed by atoms with E-state index >= 15 is 0 Å². The third kappa shape index (κ3) is 2.98. The second kappa shape index (κ2) is 5.64. The minimum atomic E-state index is -0.335. The molecule has 0 saturated carbocycles. The number of hydrogen-bond donors (Lipinski definition) is 2. The van der Waals surface area contributed by atoms with Crippen LogP contribution in [0.5, 0.6) is 0 Å². The number of hydrogen-bond acceptors (Lipinski definition) is 5. The van der Waals surface area contributed by atoms with Crippen LogP contribution in [0, 0.1) is 0 Å². The molecule has 0 atom stereocenters. The van der Waals surface area contributed by atoms with E-state index in [-0.39, 0.29) is 10.9 Å². The lowest BCUT2D eigenvalue weighted by atomic mass is 10.3. The van der Waals surface area contributed by atoms with Crippen LogP contribution >= 0.6 is 38.9 Å². The van der Waals surface area contributed by atoms with Crippen LogP contribution < -0.4 is 10.6 Å². The predicted molar refractivity (Wildman–Crippen MR) is 76.6 cm³/mol. The minimum absolute atomic E-state index is 0.276. The van der Waals surface area contributed by atoms with Gasteiger partial charge in [-0.2, -0.15) is 0 Å². The van der Waals surface area contributed by atoms with Crippen molar-refractivity contribution in [2.45, 2.75) is 0 Å². The van der Waals surface area contributed by atoms with Crippen molar-refractivity contribution in [1.82, 2.24) is 10.2 Å². The average molecular weight is 348 g/mol. The molecule has 0 spiro atoms. The molecular weight excluding hydrogens is 340 g/mol. The zero-order chi connectivity index (χ0) is 13.1. The van der Waals surface area contributed by atoms with Gasteiger partial charge in [0.15, 0.2) is 0 Å². The summed E-state index contributed by atoms with van der Waals surface area (Å²) in [7, 11) is 1.72. The molecule has 1 aromatic heterocycles. The van der Waals surface area contributed by atoms with E-state index in [1.807, 2.05) is 0 Å². The van der Waals surface area contributed by atoms with Gasteiger partial charge in [0.1, 0.15) is 0 Å². The Bertz CT molecular complexity index is 589. The molecule has 1 amide bonds. The largest absolute Gasteiger partial charge is 0.363 e. The third-order valence-corrected chi connectivity index (χ3v) is 3.76. The van der Waals surface area contributed by atoms with E-state index in [1.54, 1.807) is 25.2 Å². The molecule has 2 aromatic rings. The molecule has 1 heterocycles. The first kappa shape index (κ1) is 13.3. The maximum atomic E-state index is 11.9. The van der Waals surface area contributed by atoms with Crippen LogP contribution in [0.3, 0.4) is 0 Å². The van der Waals surface area contributed by atoms with Crippen molar-refractivity contribution in [1.29, 1.82) is 0 Å². The highest BCUT2D eigenvalue weighted by atomic mass is 79.9. The fourth-order valence-electron chi connectivity index (χ4n) is 1.18. The first-order valence-corrected chi connectivity index (χ1v) is 6.86. The zero-order valence-corrected chi connectivity index (χ0v) is 12.4. The average Bonchev–Trinajstić information content (AvgIpc) is 2.81. The van der Waals surface area contributed by atoms with Crippen LogP contribution in [-0.4, -0.2) is 23.2 Å². The molecular formula is C10H8BrClN4OS. The number of rotatable bonds is 3. The Morgan fingerprint density at radius 3 is 2.83 bits per heavy atom. The van der Waals surface area contributed by atoms with Crippen molar-refractivity contribution >= 4 is 55.6 Å². The Balaban J connectivity index is 2.16. The standard InChI is InChI=1S/C10H8BrClN4OS/c1-13-10-16-15-9(18-10)8(17)14-7-3-2-5(11)4-6(7)12/h2-4H,1H3,(H,13,16)(H,14,17). The normalized spacial score (nSPS) is 10.2. The van der Waals surface area contributed by atoms with Crippen molar-refractivity contribution in [3.05, 3.63) is 32.7 Å². The Morgan fingerprint density at radius 2 is 2.22 bits per heavy atom. The van der Waals surface area contributed by atoms with Gasteiger partial charge in [0.2, 0.25) is 10.1 Å². The first-order valence-electron chi connectivity index (χ1n) is 4.88. The summed E-state index contributed by atoms with van der Waals surface area (Å²) in [6.45, 7) is 0. The maximum Gasteiger partial charge on any atom is 0.286 e. The number of amides is 1. The van der Waals surface area contributed by atoms with Crippen molar-refractivity contribution in [3.63, 3.8) is 0 Å². The summed E-state index contributed by atoms with van der Waals surface area (Å²) in [4.78, 5) is 11.9. The van der Waals surface area contributed by atoms with Gasteiger partial charge in [0, 0.05) is 11.5 Å². The van der Waals surface area contributed by atoms with E-state index < -0.39 is 0 Å². The van der Waals surface area contributed by atoms with Gasteiger partial charge in [0.25, 0.3) is 5.91 Å². The second-order valence-corrected chi connectivity index (χ2v) is 5.54. The summed E-state index contributed by atoms with van der Waals surface area (Å²) in [5.41, 5.74) is 0.533. The Hall–Kier alpha value is -1.18. The lowest BCUT2D eigenvalue weighted by Gasteiger charge is -2.05. The van der Waals surface area contributed by atoms with E-state index in [4.69, 9.17) is 11.6 Å². The van der Waals surface area contributed by atoms with E-state index in [1.165, 1.54) is 11.3 Å². The van der Waals surface area contributed by atoms with Gasteiger partial charge >= 0.3 is 0 Å². The molecule has 0 unspecified atom stereocenters. The first-order chi connectivity index (χ1) is 8.60. The molecule has 0 saturated heterocycles. The van der Waals surface area contributed by atoms with E-state index in [0.717, 1.165) is 4.47 Å². The lowest BCUT2D eigenvalue weighted by molar-refractivity contribution is 0.102. The molecule has 0 fully saturated rings. The maximum absolute atomic E-state index is 11.9. The van der Waals surface area contributed by atoms with Crippen LogP contribution in [0.1, 0.15) is 9.80 Å². The molecule has 0 aliphatic rings. The van der Waals surface area contributed by atoms with Gasteiger partial charge in [-0.3, -0.25) is 4.79 Å². The molecule has 0 radical (unpaired) electrons. The van der Waals surface area contributed by atoms with Crippen LogP contribution in [0.2, 0.25) is 5.02 Å². The minimum Gasteiger partial charge on any atom is -0.363 e. The quantitative estimate of drug-likeness (QED) is 0.894. The summed E-state index contributed by atoms with van der Waals surface area (Å²) < 4.78 is 0.846. The Kier molecular flexibility index (Phi) is 4.15. The highest BCUT2D eigenvalue weighted by molar-refractivity contribution is 9.10. The number of benzene rings is 1. The van der Waals surface area contributed by atoms with Gasteiger partial charge in [0.05, 0.1) is 10.7 Å². The smallest absolute Gasteiger partial charge is 0.286 e. The summed E-state index contributed by atoms with van der Waals surface area (Å²) >= 11 is 10.5. The molecule has 0 bridgehead atoms. The molecule has 2 N–H and O–H groups in total. The third-order valence-electron chi connectivity index (χ3n) is 2.01. The molecule has 5 nitrogen and oxygen atoms in total. The number of nitrogens with one attached hydrogen (secondary N) is 2. The fourth-order valence-corrected chi connectivity index (χ4v) is 2.50. The van der Waals surface area contributed by atoms with Crippen LogP contribution in [0.15, 0.2) is 22.7 Å². The number of aromatic nitrogens is 2. The van der Waals surface area contributed by atoms with E-state index in [0.29, 0.717) is 15.8 Å². The van der Waals surface area contributed by atoms with E-state index in [2.05, 4.69) is 36.8 Å². The number of halogens is 2. The number of carbonyl (C=O) groups is 1. The molecule has 2 rings (SSSR count). The molecule has 0 aliphatic carbocycles. The van der Waals surface area contributed by atoms with Crippen LogP contribution in [-0.2, 0) is 0 Å². The molecule has 18 heavy (non-hydrogen) atoms. The summed E-state index contributed by atoms with van der Waals surface area (Å²) in [6.07, 6.45) is 0. The fraction of sp³-hybridized carbons (Fsp3) is 0.100. The van der Waals surface area contributed by atoms with Crippen molar-refractivity contribution in [2.75, 3.05) is 17.7 Å². The van der Waals surface area contributed by atoms with Crippen molar-refractivity contribution < 1.29 is 4.79 Å². The van der Waals surface area contributed by atoms with Gasteiger partial charge in [-0.15, -0.1) is 10.2 Å². The Morgan fingerprint density at radius 1 is 1.44 bits per heavy atom. The number of nitrogens with zero attached hydrogens (tertiary/aromatic N) is 2. The molecule has 0 aliphatic heterocycles. The van der Waals surface area contributed by atoms with Crippen molar-refractivity contribution in [3.8, 4) is 0 Å². The van der Waals surface area contributed by atoms with Gasteiger partial charge in [-0.05, 0) is 18.2 Å². The SMILES string of the molecule is CNc1nnc(C(=O)Nc2ccc(Br)cc2Cl)s1. The molecule has 94 valence electrons. The van der Waals surface area contributed by atoms with Crippen LogP contribution in [0.25, 0.3) is 0 Å². The second-order valence-electron chi connectivity index (χ2n) is 3.24. The highest BCUT2D eigenvalue weighted by Crippen LogP contribution is 2.26. The van der Waals surface area contributed by atoms with Crippen molar-refractivity contribution in [2.24, 2.45) is 0 Å².